The number of nitrogens with one attached hydrogen (secondary N) is 2. The molecule has 2 aromatic carbocycles. The number of fused-ring (bicyclic) bond motifs is 1. The monoisotopic (exact) mass is 430 g/mol. The summed E-state index contributed by atoms with van der Waals surface area (Å²) in [5, 5.41) is 6.55. The van der Waals surface area contributed by atoms with Crippen LogP contribution >= 0.6 is 0 Å². The first-order valence-electron chi connectivity index (χ1n) is 10.5. The second kappa shape index (κ2) is 8.70. The van der Waals surface area contributed by atoms with Crippen molar-refractivity contribution < 1.29 is 9.53 Å². The Kier molecular flexibility index (Phi) is 5.81. The van der Waals surface area contributed by atoms with Crippen molar-refractivity contribution in [2.45, 2.75) is 26.7 Å². The number of benzene rings is 2. The molecule has 1 aromatic heterocycles. The average Bonchev–Trinajstić information content (AvgIpc) is 2.78. The van der Waals surface area contributed by atoms with Crippen molar-refractivity contribution >= 4 is 23.3 Å². The zero-order chi connectivity index (χ0) is 22.8. The molecule has 0 unspecified atom stereocenters. The molecule has 1 atom stereocenters. The number of anilines is 3. The molecule has 2 heterocycles. The van der Waals surface area contributed by atoms with Crippen molar-refractivity contribution in [2.75, 3.05) is 17.2 Å². The molecular weight excluding hydrogens is 404 g/mol. The lowest BCUT2D eigenvalue weighted by Crippen LogP contribution is -2.32. The van der Waals surface area contributed by atoms with E-state index in [1.165, 1.54) is 4.57 Å². The van der Waals surface area contributed by atoms with Crippen molar-refractivity contribution in [3.63, 3.8) is 0 Å². The highest BCUT2D eigenvalue weighted by Gasteiger charge is 2.37. The first-order valence-corrected chi connectivity index (χ1v) is 10.5. The fourth-order valence-corrected chi connectivity index (χ4v) is 3.98. The summed E-state index contributed by atoms with van der Waals surface area (Å²) in [6, 6.07) is 17.5. The minimum Gasteiger partial charge on any atom is -0.463 e. The lowest BCUT2D eigenvalue weighted by molar-refractivity contribution is -0.138. The highest BCUT2D eigenvalue weighted by Crippen LogP contribution is 2.44. The summed E-state index contributed by atoms with van der Waals surface area (Å²) in [5.41, 5.74) is 4.30. The quantitative estimate of drug-likeness (QED) is 0.590. The second-order valence-electron chi connectivity index (χ2n) is 7.78. The predicted octanol–water partition coefficient (Wildman–Crippen LogP) is 4.23. The van der Waals surface area contributed by atoms with Crippen LogP contribution in [0.5, 0.6) is 0 Å². The maximum atomic E-state index is 13.0. The summed E-state index contributed by atoms with van der Waals surface area (Å²) < 4.78 is 6.87. The molecule has 7 heteroatoms. The minimum absolute atomic E-state index is 0.268. The molecule has 0 saturated heterocycles. The third-order valence-corrected chi connectivity index (χ3v) is 5.57. The van der Waals surface area contributed by atoms with Gasteiger partial charge in [-0.1, -0.05) is 48.0 Å². The normalized spacial score (nSPS) is 15.1. The van der Waals surface area contributed by atoms with Crippen molar-refractivity contribution in [1.29, 1.82) is 0 Å². The number of esters is 1. The number of carbonyl (C=O) groups excluding carboxylic acids is 1. The van der Waals surface area contributed by atoms with Gasteiger partial charge in [-0.05, 0) is 38.5 Å². The zero-order valence-corrected chi connectivity index (χ0v) is 18.6. The largest absolute Gasteiger partial charge is 0.463 e. The molecule has 2 N–H and O–H groups in total. The highest BCUT2D eigenvalue weighted by atomic mass is 16.5. The van der Waals surface area contributed by atoms with E-state index in [2.05, 4.69) is 15.6 Å². The Labute approximate surface area is 186 Å². The van der Waals surface area contributed by atoms with Gasteiger partial charge in [-0.3, -0.25) is 4.57 Å². The molecule has 1 aliphatic rings. The summed E-state index contributed by atoms with van der Waals surface area (Å²) in [6.45, 7) is 5.88. The summed E-state index contributed by atoms with van der Waals surface area (Å²) in [5.74, 6) is 0.146. The molecule has 0 spiro atoms. The van der Waals surface area contributed by atoms with E-state index < -0.39 is 17.6 Å². The van der Waals surface area contributed by atoms with Gasteiger partial charge in [-0.25, -0.2) is 9.59 Å². The van der Waals surface area contributed by atoms with E-state index in [0.29, 0.717) is 28.5 Å². The lowest BCUT2D eigenvalue weighted by Gasteiger charge is -2.32. The number of aryl methyl sites for hydroxylation is 1. The van der Waals surface area contributed by atoms with Gasteiger partial charge in [0.15, 0.2) is 0 Å². The van der Waals surface area contributed by atoms with E-state index in [4.69, 9.17) is 4.74 Å². The molecule has 0 bridgehead atoms. The molecule has 1 aliphatic heterocycles. The van der Waals surface area contributed by atoms with Gasteiger partial charge in [-0.15, -0.1) is 0 Å². The van der Waals surface area contributed by atoms with Gasteiger partial charge in [0.05, 0.1) is 18.1 Å². The standard InChI is InChI=1S/C25H26N4O3/c1-5-32-24(30)19-16(3)26-23-21(20(19)17-9-7-6-8-10-17)22(28-25(31)29(23)4)27-18-13-11-15(2)12-14-18/h6-14,20,26H,5H2,1-4H3,(H,27,28,31)/t20-/m1/s1. The van der Waals surface area contributed by atoms with Gasteiger partial charge in [0, 0.05) is 24.0 Å². The predicted molar refractivity (Wildman–Crippen MR) is 125 cm³/mol. The van der Waals surface area contributed by atoms with Crippen LogP contribution in [0.1, 0.15) is 36.5 Å². The number of carbonyl (C=O) groups is 1. The molecule has 4 rings (SSSR count). The fraction of sp³-hybridized carbons (Fsp3) is 0.240. The van der Waals surface area contributed by atoms with Crippen molar-refractivity contribution in [2.24, 2.45) is 7.05 Å². The maximum Gasteiger partial charge on any atom is 0.350 e. The van der Waals surface area contributed by atoms with E-state index in [1.54, 1.807) is 14.0 Å². The molecular formula is C25H26N4O3. The van der Waals surface area contributed by atoms with Crippen molar-refractivity contribution in [3.05, 3.63) is 93.0 Å². The number of rotatable bonds is 5. The van der Waals surface area contributed by atoms with Crippen molar-refractivity contribution in [3.8, 4) is 0 Å². The zero-order valence-electron chi connectivity index (χ0n) is 18.6. The summed E-state index contributed by atoms with van der Waals surface area (Å²) in [4.78, 5) is 30.0. The van der Waals surface area contributed by atoms with E-state index in [0.717, 1.165) is 16.8 Å². The van der Waals surface area contributed by atoms with E-state index >= 15 is 0 Å². The summed E-state index contributed by atoms with van der Waals surface area (Å²) in [6.07, 6.45) is 0. The lowest BCUT2D eigenvalue weighted by atomic mass is 9.81. The third kappa shape index (κ3) is 3.89. The van der Waals surface area contributed by atoms with E-state index in [9.17, 15) is 9.59 Å². The van der Waals surface area contributed by atoms with Crippen LogP contribution in [0.2, 0.25) is 0 Å². The smallest absolute Gasteiger partial charge is 0.350 e. The molecule has 0 amide bonds. The molecule has 3 aromatic rings. The number of hydrogen-bond donors (Lipinski definition) is 2. The molecule has 0 radical (unpaired) electrons. The molecule has 32 heavy (non-hydrogen) atoms. The van der Waals surface area contributed by atoms with Crippen LogP contribution in [0.4, 0.5) is 17.3 Å². The highest BCUT2D eigenvalue weighted by molar-refractivity contribution is 5.95. The first-order chi connectivity index (χ1) is 15.4. The van der Waals surface area contributed by atoms with Crippen molar-refractivity contribution in [1.82, 2.24) is 9.55 Å². The molecule has 0 saturated carbocycles. The molecule has 7 nitrogen and oxygen atoms in total. The molecule has 0 fully saturated rings. The van der Waals surface area contributed by atoms with Crippen LogP contribution in [0.15, 0.2) is 70.7 Å². The Morgan fingerprint density at radius 3 is 2.47 bits per heavy atom. The Bertz CT molecular complexity index is 1240. The van der Waals surface area contributed by atoms with Crippen LogP contribution < -0.4 is 16.3 Å². The van der Waals surface area contributed by atoms with Gasteiger partial charge in [-0.2, -0.15) is 4.98 Å². The third-order valence-electron chi connectivity index (χ3n) is 5.57. The minimum atomic E-state index is -0.459. The maximum absolute atomic E-state index is 13.0. The number of hydrogen-bond acceptors (Lipinski definition) is 6. The number of ether oxygens (including phenoxy) is 1. The number of nitrogens with zero attached hydrogens (tertiary/aromatic N) is 2. The van der Waals surface area contributed by atoms with Gasteiger partial charge in [0.1, 0.15) is 11.6 Å². The first kappa shape index (κ1) is 21.4. The number of allylic oxidation sites excluding steroid dienone is 1. The molecule has 0 aliphatic carbocycles. The Hall–Kier alpha value is -3.87. The second-order valence-corrected chi connectivity index (χ2v) is 7.78. The van der Waals surface area contributed by atoms with E-state index in [-0.39, 0.29) is 6.61 Å². The van der Waals surface area contributed by atoms with Crippen LogP contribution in [0.25, 0.3) is 0 Å². The average molecular weight is 431 g/mol. The SMILES string of the molecule is CCOC(=O)C1=C(C)Nc2c(c(Nc3ccc(C)cc3)nc(=O)n2C)[C@@H]1c1ccccc1. The van der Waals surface area contributed by atoms with Crippen LogP contribution in [0.3, 0.4) is 0 Å². The van der Waals surface area contributed by atoms with Crippen LogP contribution in [-0.4, -0.2) is 22.1 Å². The van der Waals surface area contributed by atoms with Gasteiger partial charge >= 0.3 is 11.7 Å². The topological polar surface area (TPSA) is 85.2 Å². The fourth-order valence-electron chi connectivity index (χ4n) is 3.98. The Morgan fingerprint density at radius 1 is 1.12 bits per heavy atom. The summed E-state index contributed by atoms with van der Waals surface area (Å²) >= 11 is 0. The Morgan fingerprint density at radius 2 is 1.81 bits per heavy atom. The number of aromatic nitrogens is 2. The van der Waals surface area contributed by atoms with Gasteiger partial charge < -0.3 is 15.4 Å². The molecule has 164 valence electrons. The van der Waals surface area contributed by atoms with Crippen LogP contribution in [-0.2, 0) is 16.6 Å². The Balaban J connectivity index is 1.96. The summed E-state index contributed by atoms with van der Waals surface area (Å²) in [7, 11) is 1.67. The van der Waals surface area contributed by atoms with Gasteiger partial charge in [0.2, 0.25) is 0 Å². The van der Waals surface area contributed by atoms with E-state index in [1.807, 2.05) is 68.4 Å². The van der Waals surface area contributed by atoms with Gasteiger partial charge in [0.25, 0.3) is 0 Å². The van der Waals surface area contributed by atoms with Crippen LogP contribution in [0, 0.1) is 6.92 Å².